The second-order valence-corrected chi connectivity index (χ2v) is 10.6. The number of aromatic nitrogens is 2. The van der Waals surface area contributed by atoms with Gasteiger partial charge in [-0.1, -0.05) is 12.1 Å². The van der Waals surface area contributed by atoms with E-state index in [-0.39, 0.29) is 24.5 Å². The highest BCUT2D eigenvalue weighted by Crippen LogP contribution is 2.37. The summed E-state index contributed by atoms with van der Waals surface area (Å²) >= 11 is 0. The predicted molar refractivity (Wildman–Crippen MR) is 148 cm³/mol. The quantitative estimate of drug-likeness (QED) is 0.383. The van der Waals surface area contributed by atoms with Crippen molar-refractivity contribution in [2.45, 2.75) is 59.5 Å². The van der Waals surface area contributed by atoms with Gasteiger partial charge in [-0.15, -0.1) is 0 Å². The van der Waals surface area contributed by atoms with Crippen LogP contribution in [0, 0.1) is 6.92 Å². The summed E-state index contributed by atoms with van der Waals surface area (Å²) in [5, 5.41) is 16.2. The molecule has 0 fully saturated rings. The normalized spacial score (nSPS) is 13.2. The summed E-state index contributed by atoms with van der Waals surface area (Å²) < 4.78 is 5.73. The Morgan fingerprint density at radius 2 is 1.89 bits per heavy atom. The van der Waals surface area contributed by atoms with Gasteiger partial charge in [-0.3, -0.25) is 4.79 Å². The second-order valence-electron chi connectivity index (χ2n) is 10.6. The zero-order valence-electron chi connectivity index (χ0n) is 22.4. The molecular formula is C29H37N5O3. The minimum atomic E-state index is -0.173. The molecule has 3 aromatic rings. The number of benzene rings is 1. The van der Waals surface area contributed by atoms with Crippen LogP contribution in [0.4, 0.5) is 22.9 Å². The number of anilines is 4. The number of hydrogen-bond donors (Lipinski definition) is 3. The van der Waals surface area contributed by atoms with Gasteiger partial charge in [0.25, 0.3) is 0 Å². The molecule has 0 bridgehead atoms. The Morgan fingerprint density at radius 1 is 1.14 bits per heavy atom. The van der Waals surface area contributed by atoms with E-state index in [1.165, 1.54) is 11.1 Å². The van der Waals surface area contributed by atoms with Crippen LogP contribution in [0.15, 0.2) is 42.7 Å². The van der Waals surface area contributed by atoms with E-state index in [2.05, 4.69) is 59.3 Å². The maximum atomic E-state index is 11.4. The van der Waals surface area contributed by atoms with Gasteiger partial charge in [-0.05, 0) is 75.9 Å². The van der Waals surface area contributed by atoms with E-state index in [0.29, 0.717) is 12.3 Å². The zero-order chi connectivity index (χ0) is 26.6. The highest BCUT2D eigenvalue weighted by Gasteiger charge is 2.24. The SMILES string of the molecule is CC(=O)Cc1ccc(Nc2cc3c(cn2)CCN(c2cnc(OCCO)c(NC(C)(C)C)c2C)C3)cc1. The molecule has 0 saturated carbocycles. The van der Waals surface area contributed by atoms with E-state index in [9.17, 15) is 9.90 Å². The summed E-state index contributed by atoms with van der Waals surface area (Å²) in [6.07, 6.45) is 5.17. The number of nitrogens with one attached hydrogen (secondary N) is 2. The average Bonchev–Trinajstić information content (AvgIpc) is 2.84. The molecule has 0 atom stereocenters. The summed E-state index contributed by atoms with van der Waals surface area (Å²) in [7, 11) is 0. The lowest BCUT2D eigenvalue weighted by molar-refractivity contribution is -0.116. The lowest BCUT2D eigenvalue weighted by atomic mass is 10.0. The lowest BCUT2D eigenvalue weighted by Gasteiger charge is -2.33. The molecule has 8 nitrogen and oxygen atoms in total. The van der Waals surface area contributed by atoms with E-state index in [0.717, 1.165) is 53.5 Å². The van der Waals surface area contributed by atoms with Crippen molar-refractivity contribution < 1.29 is 14.6 Å². The summed E-state index contributed by atoms with van der Waals surface area (Å²) in [6.45, 7) is 11.7. The van der Waals surface area contributed by atoms with Crippen molar-refractivity contribution in [1.29, 1.82) is 0 Å². The van der Waals surface area contributed by atoms with Crippen LogP contribution in [0.2, 0.25) is 0 Å². The number of rotatable bonds is 9. The maximum absolute atomic E-state index is 11.4. The van der Waals surface area contributed by atoms with Crippen LogP contribution < -0.4 is 20.3 Å². The van der Waals surface area contributed by atoms with Gasteiger partial charge >= 0.3 is 0 Å². The van der Waals surface area contributed by atoms with Crippen molar-refractivity contribution in [2.75, 3.05) is 35.3 Å². The molecule has 37 heavy (non-hydrogen) atoms. The summed E-state index contributed by atoms with van der Waals surface area (Å²) in [5.41, 5.74) is 7.22. The van der Waals surface area contributed by atoms with Gasteiger partial charge in [-0.25, -0.2) is 9.97 Å². The van der Waals surface area contributed by atoms with Crippen LogP contribution >= 0.6 is 0 Å². The zero-order valence-corrected chi connectivity index (χ0v) is 22.4. The Bertz CT molecular complexity index is 1250. The van der Waals surface area contributed by atoms with Gasteiger partial charge in [0.05, 0.1) is 18.5 Å². The van der Waals surface area contributed by atoms with Crippen LogP contribution in [0.1, 0.15) is 49.9 Å². The van der Waals surface area contributed by atoms with E-state index < -0.39 is 0 Å². The Hall–Kier alpha value is -3.65. The number of carbonyl (C=O) groups is 1. The van der Waals surface area contributed by atoms with Crippen molar-refractivity contribution in [2.24, 2.45) is 0 Å². The predicted octanol–water partition coefficient (Wildman–Crippen LogP) is 4.80. The van der Waals surface area contributed by atoms with Crippen molar-refractivity contribution in [3.8, 4) is 5.88 Å². The molecule has 0 amide bonds. The Balaban J connectivity index is 1.55. The molecule has 0 radical (unpaired) electrons. The van der Waals surface area contributed by atoms with Gasteiger partial charge in [0, 0.05) is 42.5 Å². The molecule has 4 rings (SSSR count). The monoisotopic (exact) mass is 503 g/mol. The van der Waals surface area contributed by atoms with E-state index in [4.69, 9.17) is 4.74 Å². The van der Waals surface area contributed by atoms with Crippen molar-refractivity contribution in [3.05, 3.63) is 65.0 Å². The van der Waals surface area contributed by atoms with Crippen LogP contribution in [0.5, 0.6) is 5.88 Å². The number of aliphatic hydroxyl groups is 1. The third-order valence-corrected chi connectivity index (χ3v) is 6.22. The summed E-state index contributed by atoms with van der Waals surface area (Å²) in [6, 6.07) is 10.0. The largest absolute Gasteiger partial charge is 0.474 e. The molecular weight excluding hydrogens is 466 g/mol. The molecule has 0 spiro atoms. The second kappa shape index (κ2) is 11.2. The maximum Gasteiger partial charge on any atom is 0.237 e. The first-order valence-corrected chi connectivity index (χ1v) is 12.7. The lowest BCUT2D eigenvalue weighted by Crippen LogP contribution is -2.32. The molecule has 1 aliphatic heterocycles. The third-order valence-electron chi connectivity index (χ3n) is 6.22. The number of nitrogens with zero attached hydrogens (tertiary/aromatic N) is 3. The summed E-state index contributed by atoms with van der Waals surface area (Å²) in [5.74, 6) is 1.45. The van der Waals surface area contributed by atoms with Gasteiger partial charge in [0.15, 0.2) is 0 Å². The fourth-order valence-corrected chi connectivity index (χ4v) is 4.52. The van der Waals surface area contributed by atoms with Gasteiger partial charge in [0.1, 0.15) is 23.9 Å². The van der Waals surface area contributed by atoms with Crippen molar-refractivity contribution >= 4 is 28.7 Å². The van der Waals surface area contributed by atoms with Crippen LogP contribution in [0.25, 0.3) is 0 Å². The first kappa shape index (κ1) is 26.4. The van der Waals surface area contributed by atoms with E-state index in [1.807, 2.05) is 36.7 Å². The summed E-state index contributed by atoms with van der Waals surface area (Å²) in [4.78, 5) is 22.9. The fourth-order valence-electron chi connectivity index (χ4n) is 4.52. The Morgan fingerprint density at radius 3 is 2.57 bits per heavy atom. The molecule has 196 valence electrons. The molecule has 0 saturated heterocycles. The third kappa shape index (κ3) is 6.77. The highest BCUT2D eigenvalue weighted by atomic mass is 16.5. The molecule has 0 aliphatic carbocycles. The fraction of sp³-hybridized carbons (Fsp3) is 0.414. The topological polar surface area (TPSA) is 99.6 Å². The number of ether oxygens (including phenoxy) is 1. The number of hydrogen-bond acceptors (Lipinski definition) is 8. The van der Waals surface area contributed by atoms with Crippen LogP contribution in [-0.4, -0.2) is 46.2 Å². The standard InChI is InChI=1S/C29H37N5O3/c1-19(36)14-21-6-8-24(9-7-21)32-26-15-23-18-34(11-10-22(23)16-30-26)25-17-31-28(37-13-12-35)27(20(25)2)33-29(3,4)5/h6-9,15-17,33,35H,10-14,18H2,1-5H3,(H,30,32). The first-order valence-electron chi connectivity index (χ1n) is 12.7. The van der Waals surface area contributed by atoms with Gasteiger partial charge < -0.3 is 25.4 Å². The number of carbonyl (C=O) groups excluding carboxylic acids is 1. The van der Waals surface area contributed by atoms with Crippen molar-refractivity contribution in [3.63, 3.8) is 0 Å². The Labute approximate surface area is 219 Å². The number of pyridine rings is 2. The van der Waals surface area contributed by atoms with E-state index in [1.54, 1.807) is 6.92 Å². The molecule has 2 aromatic heterocycles. The van der Waals surface area contributed by atoms with Gasteiger partial charge in [0.2, 0.25) is 5.88 Å². The van der Waals surface area contributed by atoms with Crippen LogP contribution in [-0.2, 0) is 24.2 Å². The number of fused-ring (bicyclic) bond motifs is 1. The Kier molecular flexibility index (Phi) is 7.97. The number of aliphatic hydroxyl groups excluding tert-OH is 1. The molecule has 1 aliphatic rings. The minimum Gasteiger partial charge on any atom is -0.474 e. The molecule has 8 heteroatoms. The smallest absolute Gasteiger partial charge is 0.237 e. The molecule has 3 heterocycles. The molecule has 0 unspecified atom stereocenters. The minimum absolute atomic E-state index is 0.0622. The van der Waals surface area contributed by atoms with Crippen LogP contribution in [0.3, 0.4) is 0 Å². The number of ketones is 1. The van der Waals surface area contributed by atoms with Gasteiger partial charge in [-0.2, -0.15) is 0 Å². The number of Topliss-reactive ketones (excluding diaryl/α,β-unsaturated/α-hetero) is 1. The van der Waals surface area contributed by atoms with Crippen molar-refractivity contribution in [1.82, 2.24) is 9.97 Å². The highest BCUT2D eigenvalue weighted by molar-refractivity contribution is 5.78. The first-order chi connectivity index (χ1) is 17.6. The average molecular weight is 504 g/mol. The molecule has 1 aromatic carbocycles. The van der Waals surface area contributed by atoms with E-state index >= 15 is 0 Å². The molecule has 3 N–H and O–H groups in total.